The van der Waals surface area contributed by atoms with E-state index in [2.05, 4.69) is 18.4 Å². The average Bonchev–Trinajstić information content (AvgIpc) is 2.84. The third-order valence-electron chi connectivity index (χ3n) is 4.79. The minimum atomic E-state index is -4.77. The highest BCUT2D eigenvalue weighted by molar-refractivity contribution is 7.81. The number of benzene rings is 2. The van der Waals surface area contributed by atoms with E-state index < -0.39 is 26.2 Å². The number of rotatable bonds is 16. The molecule has 16 heteroatoms. The maximum atomic E-state index is 10.6. The average molecular weight is 589 g/mol. The molecule has 0 aliphatic rings. The van der Waals surface area contributed by atoms with Crippen molar-refractivity contribution in [2.24, 2.45) is 0 Å². The smallest absolute Gasteiger partial charge is 0.424 e. The van der Waals surface area contributed by atoms with Crippen LogP contribution in [0.4, 0.5) is 0 Å². The Balaban J connectivity index is 2.25. The third-order valence-corrected chi connectivity index (χ3v) is 5.32. The molecular weight excluding hydrogens is 564 g/mol. The normalized spacial score (nSPS) is 11.7. The van der Waals surface area contributed by atoms with Gasteiger partial charge < -0.3 is 18.9 Å². The van der Waals surface area contributed by atoms with Crippen LogP contribution in [0.2, 0.25) is 0 Å². The lowest BCUT2D eigenvalue weighted by atomic mass is 9.78. The summed E-state index contributed by atoms with van der Waals surface area (Å²) >= 11 is 0. The summed E-state index contributed by atoms with van der Waals surface area (Å²) in [5.74, 6) is 0.797. The Hall–Kier alpha value is -3.58. The molecule has 0 unspecified atom stereocenters. The summed E-state index contributed by atoms with van der Waals surface area (Å²) in [6, 6.07) is 9.91. The molecule has 2 N–H and O–H groups in total. The number of hydrogen-bond acceptors (Lipinski definition) is 12. The summed E-state index contributed by atoms with van der Waals surface area (Å²) in [6.07, 6.45) is 14.6. The molecule has 0 saturated heterocycles. The third kappa shape index (κ3) is 10.6. The fourth-order valence-electron chi connectivity index (χ4n) is 3.04. The maximum Gasteiger partial charge on any atom is 0.424 e. The Labute approximate surface area is 225 Å². The maximum absolute atomic E-state index is 10.6. The summed E-state index contributed by atoms with van der Waals surface area (Å²) < 4.78 is 88.3. The second-order valence-corrected chi connectivity index (χ2v) is 9.70. The van der Waals surface area contributed by atoms with E-state index in [1.165, 1.54) is 0 Å². The van der Waals surface area contributed by atoms with Crippen LogP contribution in [0.1, 0.15) is 25.0 Å². The zero-order chi connectivity index (χ0) is 29.1. The van der Waals surface area contributed by atoms with Crippen LogP contribution in [0, 0.1) is 25.1 Å². The molecule has 0 aliphatic heterocycles. The van der Waals surface area contributed by atoms with Crippen molar-refractivity contribution in [1.29, 1.82) is 0 Å². The highest BCUT2D eigenvalue weighted by atomic mass is 32.3. The molecule has 0 bridgehead atoms. The molecule has 212 valence electrons. The molecule has 39 heavy (non-hydrogen) atoms. The molecule has 0 spiro atoms. The minimum Gasteiger partial charge on any atom is -0.487 e. The van der Waals surface area contributed by atoms with Crippen LogP contribution >= 0.6 is 0 Å². The van der Waals surface area contributed by atoms with Gasteiger partial charge in [0.2, 0.25) is 0 Å². The lowest BCUT2D eigenvalue weighted by molar-refractivity contribution is -0.211. The van der Waals surface area contributed by atoms with Gasteiger partial charge in [0.05, 0.1) is 0 Å². The SMILES string of the molecule is C#COc1ccc(C(C)(C)c2ccc(OC#C)c(OCCOOS(=O)(=O)O)c2)cc1OCCOOS(=O)(=O)O. The molecule has 0 fully saturated rings. The highest BCUT2D eigenvalue weighted by Gasteiger charge is 2.26. The molecule has 14 nitrogen and oxygen atoms in total. The zero-order valence-electron chi connectivity index (χ0n) is 20.6. The number of ether oxygens (including phenoxy) is 4. The molecule has 2 rings (SSSR count). The first-order valence-electron chi connectivity index (χ1n) is 10.6. The van der Waals surface area contributed by atoms with E-state index in [4.69, 9.17) is 40.9 Å². The Bertz CT molecular complexity index is 1310. The molecule has 2 aromatic carbocycles. The first-order valence-corrected chi connectivity index (χ1v) is 13.4. The predicted molar refractivity (Wildman–Crippen MR) is 132 cm³/mol. The van der Waals surface area contributed by atoms with Gasteiger partial charge >= 0.3 is 20.8 Å². The van der Waals surface area contributed by atoms with Gasteiger partial charge in [0.25, 0.3) is 0 Å². The first-order chi connectivity index (χ1) is 18.3. The van der Waals surface area contributed by atoms with Gasteiger partial charge in [0.1, 0.15) is 38.6 Å². The Morgan fingerprint density at radius 3 is 1.41 bits per heavy atom. The molecular formula is C23H24O14S2. The fraction of sp³-hybridized carbons (Fsp3) is 0.304. The van der Waals surface area contributed by atoms with E-state index in [-0.39, 0.29) is 49.4 Å². The van der Waals surface area contributed by atoms with Gasteiger partial charge in [-0.05, 0) is 35.4 Å². The number of hydrogen-bond donors (Lipinski definition) is 2. The summed E-state index contributed by atoms with van der Waals surface area (Å²) in [5, 5.41) is 0. The van der Waals surface area contributed by atoms with E-state index in [1.54, 1.807) is 36.4 Å². The van der Waals surface area contributed by atoms with E-state index in [0.717, 1.165) is 11.1 Å². The van der Waals surface area contributed by atoms with Crippen LogP contribution in [0.5, 0.6) is 23.0 Å². The Morgan fingerprint density at radius 1 is 0.692 bits per heavy atom. The van der Waals surface area contributed by atoms with Crippen molar-refractivity contribution in [2.45, 2.75) is 19.3 Å². The lowest BCUT2D eigenvalue weighted by Gasteiger charge is -2.28. The van der Waals surface area contributed by atoms with Crippen molar-refractivity contribution in [1.82, 2.24) is 0 Å². The van der Waals surface area contributed by atoms with Gasteiger partial charge in [0.15, 0.2) is 23.0 Å². The molecule has 0 saturated carbocycles. The van der Waals surface area contributed by atoms with Crippen molar-refractivity contribution in [3.8, 4) is 48.1 Å². The molecule has 0 atom stereocenters. The van der Waals surface area contributed by atoms with E-state index in [9.17, 15) is 16.8 Å². The van der Waals surface area contributed by atoms with E-state index >= 15 is 0 Å². The highest BCUT2D eigenvalue weighted by Crippen LogP contribution is 2.40. The minimum absolute atomic E-state index is 0.195. The van der Waals surface area contributed by atoms with Gasteiger partial charge in [-0.15, -0.1) is 0 Å². The molecule has 0 aliphatic carbocycles. The quantitative estimate of drug-likeness (QED) is 0.0957. The molecule has 0 radical (unpaired) electrons. The Kier molecular flexibility index (Phi) is 11.3. The lowest BCUT2D eigenvalue weighted by Crippen LogP contribution is -2.20. The summed E-state index contributed by atoms with van der Waals surface area (Å²) in [6.45, 7) is 2.67. The Morgan fingerprint density at radius 2 is 1.08 bits per heavy atom. The topological polar surface area (TPSA) is 183 Å². The van der Waals surface area contributed by atoms with Gasteiger partial charge in [-0.2, -0.15) is 16.8 Å². The van der Waals surface area contributed by atoms with Crippen LogP contribution in [0.3, 0.4) is 0 Å². The molecule has 0 amide bonds. The molecule has 2 aromatic rings. The monoisotopic (exact) mass is 588 g/mol. The van der Waals surface area contributed by atoms with Gasteiger partial charge in [0, 0.05) is 5.41 Å². The van der Waals surface area contributed by atoms with Crippen molar-refractivity contribution in [3.63, 3.8) is 0 Å². The van der Waals surface area contributed by atoms with Crippen molar-refractivity contribution < 1.29 is 63.3 Å². The van der Waals surface area contributed by atoms with Gasteiger partial charge in [-0.25, -0.2) is 9.78 Å². The standard InChI is InChI=1S/C23H24O14S2/c1-5-30-19-9-7-17(15-21(19)32-11-13-34-36-38(24,25)26)23(3,4)18-8-10-20(31-6-2)22(16-18)33-12-14-35-37-39(27,28)29/h1-2,7-10,15-16H,11-14H2,3-4H3,(H,24,25,26)(H,27,28,29). The summed E-state index contributed by atoms with van der Waals surface area (Å²) in [7, 11) is -9.55. The summed E-state index contributed by atoms with van der Waals surface area (Å²) in [5.41, 5.74) is 0.742. The fourth-order valence-corrected chi connectivity index (χ4v) is 3.42. The summed E-state index contributed by atoms with van der Waals surface area (Å²) in [4.78, 5) is 8.70. The number of terminal acetylenes is 2. The van der Waals surface area contributed by atoms with E-state index in [0.29, 0.717) is 0 Å². The van der Waals surface area contributed by atoms with Crippen LogP contribution < -0.4 is 18.9 Å². The first kappa shape index (κ1) is 31.6. The van der Waals surface area contributed by atoms with E-state index in [1.807, 2.05) is 26.1 Å². The second-order valence-electron chi connectivity index (χ2n) is 7.72. The second kappa shape index (κ2) is 14.0. The van der Waals surface area contributed by atoms with Crippen molar-refractivity contribution in [3.05, 3.63) is 47.5 Å². The van der Waals surface area contributed by atoms with Crippen LogP contribution in [-0.2, 0) is 44.7 Å². The van der Waals surface area contributed by atoms with Gasteiger partial charge in [-0.3, -0.25) is 9.11 Å². The van der Waals surface area contributed by atoms with Crippen molar-refractivity contribution >= 4 is 20.8 Å². The van der Waals surface area contributed by atoms with Crippen molar-refractivity contribution in [2.75, 3.05) is 26.4 Å². The predicted octanol–water partition coefficient (Wildman–Crippen LogP) is 2.21. The largest absolute Gasteiger partial charge is 0.487 e. The zero-order valence-corrected chi connectivity index (χ0v) is 22.2. The molecule has 0 aromatic heterocycles. The van der Waals surface area contributed by atoms with Gasteiger partial charge in [-0.1, -0.05) is 47.5 Å². The van der Waals surface area contributed by atoms with Crippen LogP contribution in [-0.4, -0.2) is 52.4 Å². The molecule has 0 heterocycles. The van der Waals surface area contributed by atoms with Crippen LogP contribution in [0.15, 0.2) is 36.4 Å². The van der Waals surface area contributed by atoms with Crippen LogP contribution in [0.25, 0.3) is 0 Å².